The van der Waals surface area contributed by atoms with Gasteiger partial charge in [-0.1, -0.05) is 23.8 Å². The first-order chi connectivity index (χ1) is 13.0. The van der Waals surface area contributed by atoms with E-state index in [0.29, 0.717) is 12.6 Å². The van der Waals surface area contributed by atoms with Gasteiger partial charge >= 0.3 is 0 Å². The van der Waals surface area contributed by atoms with Gasteiger partial charge in [-0.3, -0.25) is 4.90 Å². The molecule has 5 nitrogen and oxygen atoms in total. The summed E-state index contributed by atoms with van der Waals surface area (Å²) in [6, 6.07) is 12.9. The third-order valence-electron chi connectivity index (χ3n) is 4.95. The Labute approximate surface area is 162 Å². The molecule has 1 aliphatic heterocycles. The molecule has 1 atom stereocenters. The molecule has 2 aromatic carbocycles. The van der Waals surface area contributed by atoms with Gasteiger partial charge in [-0.15, -0.1) is 0 Å². The molecule has 1 aliphatic rings. The highest BCUT2D eigenvalue weighted by atomic mass is 16.5. The van der Waals surface area contributed by atoms with Crippen LogP contribution in [0.4, 0.5) is 0 Å². The fourth-order valence-electron chi connectivity index (χ4n) is 3.60. The largest absolute Gasteiger partial charge is 0.493 e. The summed E-state index contributed by atoms with van der Waals surface area (Å²) >= 11 is 0. The molecule has 146 valence electrons. The molecule has 0 bridgehead atoms. The molecule has 1 heterocycles. The number of fused-ring (bicyclic) bond motifs is 1. The van der Waals surface area contributed by atoms with Crippen LogP contribution < -0.4 is 14.2 Å². The maximum atomic E-state index is 6.15. The van der Waals surface area contributed by atoms with E-state index in [2.05, 4.69) is 61.2 Å². The van der Waals surface area contributed by atoms with Crippen LogP contribution in [0.3, 0.4) is 0 Å². The quantitative estimate of drug-likeness (QED) is 0.779. The van der Waals surface area contributed by atoms with E-state index >= 15 is 0 Å². The third-order valence-corrected chi connectivity index (χ3v) is 4.95. The maximum Gasteiger partial charge on any atom is 0.161 e. The number of likely N-dealkylation sites (N-methyl/N-ethyl adjacent to an activating group) is 1. The molecule has 3 rings (SSSR count). The zero-order valence-corrected chi connectivity index (χ0v) is 17.0. The number of hydrogen-bond acceptors (Lipinski definition) is 5. The second-order valence-corrected chi connectivity index (χ2v) is 7.43. The smallest absolute Gasteiger partial charge is 0.161 e. The van der Waals surface area contributed by atoms with Crippen LogP contribution in [0.5, 0.6) is 17.2 Å². The van der Waals surface area contributed by atoms with Crippen molar-refractivity contribution in [2.24, 2.45) is 0 Å². The van der Waals surface area contributed by atoms with Crippen LogP contribution in [0.25, 0.3) is 0 Å². The standard InChI is InChI=1S/C22H30N2O3/c1-16-6-8-20-18(10-16)13-24(19(15-27-20)14-23(2)3)12-17-7-9-21(25-4)22(11-17)26-5/h6-11,19H,12-15H2,1-5H3/t19-/m0/s1. The first kappa shape index (κ1) is 19.5. The normalized spacial score (nSPS) is 17.2. The monoisotopic (exact) mass is 370 g/mol. The summed E-state index contributed by atoms with van der Waals surface area (Å²) in [5.41, 5.74) is 3.71. The number of hydrogen-bond donors (Lipinski definition) is 0. The number of aryl methyl sites for hydroxylation is 1. The second kappa shape index (κ2) is 8.63. The summed E-state index contributed by atoms with van der Waals surface area (Å²) in [6.45, 7) is 5.45. The van der Waals surface area contributed by atoms with Crippen molar-refractivity contribution in [1.29, 1.82) is 0 Å². The lowest BCUT2D eigenvalue weighted by atomic mass is 10.1. The highest BCUT2D eigenvalue weighted by Crippen LogP contribution is 2.31. The number of ether oxygens (including phenoxy) is 3. The van der Waals surface area contributed by atoms with E-state index in [4.69, 9.17) is 14.2 Å². The van der Waals surface area contributed by atoms with Gasteiger partial charge < -0.3 is 19.1 Å². The van der Waals surface area contributed by atoms with Gasteiger partial charge in [0.05, 0.1) is 20.3 Å². The van der Waals surface area contributed by atoms with Crippen LogP contribution >= 0.6 is 0 Å². The Morgan fingerprint density at radius 2 is 1.85 bits per heavy atom. The predicted octanol–water partition coefficient (Wildman–Crippen LogP) is 3.34. The summed E-state index contributed by atoms with van der Waals surface area (Å²) in [7, 11) is 7.55. The molecule has 0 fully saturated rings. The number of methoxy groups -OCH3 is 2. The lowest BCUT2D eigenvalue weighted by Crippen LogP contribution is -2.43. The molecule has 0 unspecified atom stereocenters. The molecule has 0 aromatic heterocycles. The molecular weight excluding hydrogens is 340 g/mol. The molecule has 0 N–H and O–H groups in total. The van der Waals surface area contributed by atoms with Crippen LogP contribution in [0.1, 0.15) is 16.7 Å². The van der Waals surface area contributed by atoms with Crippen molar-refractivity contribution in [2.45, 2.75) is 26.1 Å². The SMILES string of the molecule is COc1ccc(CN2Cc3cc(C)ccc3OC[C@@H]2CN(C)C)cc1OC. The van der Waals surface area contributed by atoms with E-state index in [-0.39, 0.29) is 0 Å². The van der Waals surface area contributed by atoms with Crippen molar-refractivity contribution in [2.75, 3.05) is 41.5 Å². The third kappa shape index (κ3) is 4.73. The minimum Gasteiger partial charge on any atom is -0.493 e. The number of benzene rings is 2. The van der Waals surface area contributed by atoms with Crippen LogP contribution in [-0.4, -0.2) is 57.3 Å². The van der Waals surface area contributed by atoms with E-state index in [1.807, 2.05) is 6.07 Å². The fourth-order valence-corrected chi connectivity index (χ4v) is 3.60. The van der Waals surface area contributed by atoms with Gasteiger partial charge in [-0.2, -0.15) is 0 Å². The topological polar surface area (TPSA) is 34.2 Å². The van der Waals surface area contributed by atoms with Gasteiger partial charge in [-0.25, -0.2) is 0 Å². The lowest BCUT2D eigenvalue weighted by molar-refractivity contribution is 0.113. The summed E-state index contributed by atoms with van der Waals surface area (Å²) in [5, 5.41) is 0. The Kier molecular flexibility index (Phi) is 6.24. The van der Waals surface area contributed by atoms with Gasteiger partial charge in [-0.05, 0) is 44.8 Å². The first-order valence-electron chi connectivity index (χ1n) is 9.32. The second-order valence-electron chi connectivity index (χ2n) is 7.43. The van der Waals surface area contributed by atoms with Crippen molar-refractivity contribution >= 4 is 0 Å². The molecule has 2 aromatic rings. The molecule has 27 heavy (non-hydrogen) atoms. The fraction of sp³-hybridized carbons (Fsp3) is 0.455. The predicted molar refractivity (Wildman–Crippen MR) is 108 cm³/mol. The lowest BCUT2D eigenvalue weighted by Gasteiger charge is -2.31. The Hall–Kier alpha value is -2.24. The van der Waals surface area contributed by atoms with Gasteiger partial charge in [0.25, 0.3) is 0 Å². The van der Waals surface area contributed by atoms with Crippen molar-refractivity contribution in [3.8, 4) is 17.2 Å². The molecule has 0 aliphatic carbocycles. The zero-order chi connectivity index (χ0) is 19.4. The first-order valence-corrected chi connectivity index (χ1v) is 9.32. The minimum atomic E-state index is 0.306. The average molecular weight is 370 g/mol. The maximum absolute atomic E-state index is 6.15. The van der Waals surface area contributed by atoms with Gasteiger partial charge in [0, 0.05) is 25.2 Å². The summed E-state index contributed by atoms with van der Waals surface area (Å²) in [4.78, 5) is 4.71. The Balaban J connectivity index is 1.88. The van der Waals surface area contributed by atoms with Crippen molar-refractivity contribution in [3.63, 3.8) is 0 Å². The Bertz CT molecular complexity index is 776. The van der Waals surface area contributed by atoms with E-state index < -0.39 is 0 Å². The van der Waals surface area contributed by atoms with Gasteiger partial charge in [0.15, 0.2) is 11.5 Å². The highest BCUT2D eigenvalue weighted by Gasteiger charge is 2.26. The summed E-state index contributed by atoms with van der Waals surface area (Å²) < 4.78 is 17.0. The van der Waals surface area contributed by atoms with Gasteiger partial charge in [0.2, 0.25) is 0 Å². The van der Waals surface area contributed by atoms with Crippen LogP contribution in [0.15, 0.2) is 36.4 Å². The van der Waals surface area contributed by atoms with E-state index in [1.165, 1.54) is 16.7 Å². The summed E-state index contributed by atoms with van der Waals surface area (Å²) in [5.74, 6) is 2.52. The molecular formula is C22H30N2O3. The molecule has 0 amide bonds. The zero-order valence-electron chi connectivity index (χ0n) is 17.0. The summed E-state index contributed by atoms with van der Waals surface area (Å²) in [6.07, 6.45) is 0. The minimum absolute atomic E-state index is 0.306. The average Bonchev–Trinajstić information content (AvgIpc) is 2.80. The van der Waals surface area contributed by atoms with Crippen molar-refractivity contribution in [3.05, 3.63) is 53.1 Å². The van der Waals surface area contributed by atoms with Crippen LogP contribution in [0, 0.1) is 6.92 Å². The molecule has 0 radical (unpaired) electrons. The molecule has 0 saturated carbocycles. The molecule has 0 saturated heterocycles. The Morgan fingerprint density at radius 1 is 1.07 bits per heavy atom. The van der Waals surface area contributed by atoms with Crippen LogP contribution in [-0.2, 0) is 13.1 Å². The van der Waals surface area contributed by atoms with Gasteiger partial charge in [0.1, 0.15) is 12.4 Å². The molecule has 5 heteroatoms. The van der Waals surface area contributed by atoms with E-state index in [9.17, 15) is 0 Å². The highest BCUT2D eigenvalue weighted by molar-refractivity contribution is 5.43. The Morgan fingerprint density at radius 3 is 2.56 bits per heavy atom. The van der Waals surface area contributed by atoms with Crippen molar-refractivity contribution < 1.29 is 14.2 Å². The number of nitrogens with zero attached hydrogens (tertiary/aromatic N) is 2. The van der Waals surface area contributed by atoms with E-state index in [0.717, 1.165) is 36.9 Å². The van der Waals surface area contributed by atoms with Crippen LogP contribution in [0.2, 0.25) is 0 Å². The van der Waals surface area contributed by atoms with Crippen molar-refractivity contribution in [1.82, 2.24) is 9.80 Å². The molecule has 0 spiro atoms. The number of rotatable bonds is 6. The van der Waals surface area contributed by atoms with E-state index in [1.54, 1.807) is 14.2 Å².